The molecule has 3 aromatic rings. The smallest absolute Gasteiger partial charge is 0.119 e. The molecule has 0 atom stereocenters. The highest BCUT2D eigenvalue weighted by Gasteiger charge is 2.07. The van der Waals surface area contributed by atoms with Crippen LogP contribution in [-0.4, -0.2) is 26.4 Å². The summed E-state index contributed by atoms with van der Waals surface area (Å²) in [5.74, 6) is 1.74. The van der Waals surface area contributed by atoms with Crippen LogP contribution < -0.4 is 9.47 Å². The number of hydrogen-bond acceptors (Lipinski definition) is 4. The highest BCUT2D eigenvalue weighted by molar-refractivity contribution is 6.33. The third kappa shape index (κ3) is 9.89. The molecule has 0 heterocycles. The fourth-order valence-electron chi connectivity index (χ4n) is 3.88. The van der Waals surface area contributed by atoms with Gasteiger partial charge in [-0.1, -0.05) is 61.2 Å². The van der Waals surface area contributed by atoms with Crippen LogP contribution in [0.5, 0.6) is 11.5 Å². The summed E-state index contributed by atoms with van der Waals surface area (Å²) in [6.07, 6.45) is 9.12. The van der Waals surface area contributed by atoms with Crippen LogP contribution in [0.2, 0.25) is 5.02 Å². The first-order chi connectivity index (χ1) is 18.2. The second-order valence-electron chi connectivity index (χ2n) is 8.64. The summed E-state index contributed by atoms with van der Waals surface area (Å²) in [6, 6.07) is 22.4. The van der Waals surface area contributed by atoms with Crippen LogP contribution in [0.1, 0.15) is 38.5 Å². The van der Waals surface area contributed by atoms with Crippen molar-refractivity contribution in [3.05, 3.63) is 97.4 Å². The Hall–Kier alpha value is -3.37. The van der Waals surface area contributed by atoms with Gasteiger partial charge in [0.15, 0.2) is 0 Å². The Bertz CT molecular complexity index is 1080. The van der Waals surface area contributed by atoms with E-state index in [2.05, 4.69) is 37.4 Å². The van der Waals surface area contributed by atoms with Crippen molar-refractivity contribution < 1.29 is 18.9 Å². The quantitative estimate of drug-likeness (QED) is 0.124. The monoisotopic (exact) mass is 520 g/mol. The van der Waals surface area contributed by atoms with E-state index in [1.807, 2.05) is 42.5 Å². The first-order valence-electron chi connectivity index (χ1n) is 12.9. The maximum atomic E-state index is 6.68. The summed E-state index contributed by atoms with van der Waals surface area (Å²) >= 11 is 6.68. The topological polar surface area (TPSA) is 36.9 Å². The number of unbranched alkanes of at least 4 members (excludes halogenated alkanes) is 4. The minimum Gasteiger partial charge on any atom is -0.502 e. The molecule has 0 saturated heterocycles. The Morgan fingerprint density at radius 2 is 1.00 bits per heavy atom. The molecule has 0 unspecified atom stereocenters. The molecule has 0 aliphatic carbocycles. The van der Waals surface area contributed by atoms with E-state index in [0.29, 0.717) is 31.5 Å². The van der Waals surface area contributed by atoms with Crippen molar-refractivity contribution in [2.24, 2.45) is 0 Å². The Kier molecular flexibility index (Phi) is 12.5. The molecule has 196 valence electrons. The minimum atomic E-state index is 0.693. The van der Waals surface area contributed by atoms with Gasteiger partial charge in [0.2, 0.25) is 0 Å². The highest BCUT2D eigenvalue weighted by Crippen LogP contribution is 2.33. The maximum Gasteiger partial charge on any atom is 0.119 e. The van der Waals surface area contributed by atoms with Crippen molar-refractivity contribution in [1.29, 1.82) is 0 Å². The van der Waals surface area contributed by atoms with Crippen molar-refractivity contribution in [1.82, 2.24) is 0 Å². The van der Waals surface area contributed by atoms with Crippen LogP contribution in [0.3, 0.4) is 0 Å². The van der Waals surface area contributed by atoms with Crippen molar-refractivity contribution in [2.75, 3.05) is 26.4 Å². The summed E-state index contributed by atoms with van der Waals surface area (Å²) in [7, 11) is 0. The van der Waals surface area contributed by atoms with Crippen molar-refractivity contribution in [3.63, 3.8) is 0 Å². The van der Waals surface area contributed by atoms with E-state index in [4.69, 9.17) is 30.5 Å². The van der Waals surface area contributed by atoms with Gasteiger partial charge in [-0.2, -0.15) is 0 Å². The fraction of sp³-hybridized carbons (Fsp3) is 0.312. The summed E-state index contributed by atoms with van der Waals surface area (Å²) in [5.41, 5.74) is 4.23. The van der Waals surface area contributed by atoms with Gasteiger partial charge in [-0.05, 0) is 85.5 Å². The van der Waals surface area contributed by atoms with Crippen molar-refractivity contribution in [2.45, 2.75) is 38.5 Å². The lowest BCUT2D eigenvalue weighted by Gasteiger charge is -2.11. The molecule has 0 spiro atoms. The van der Waals surface area contributed by atoms with Gasteiger partial charge in [-0.3, -0.25) is 0 Å². The molecule has 0 bridgehead atoms. The predicted molar refractivity (Wildman–Crippen MR) is 153 cm³/mol. The number of benzene rings is 3. The molecule has 0 saturated carbocycles. The van der Waals surface area contributed by atoms with Gasteiger partial charge < -0.3 is 18.9 Å². The zero-order valence-corrected chi connectivity index (χ0v) is 22.3. The van der Waals surface area contributed by atoms with Gasteiger partial charge in [0.05, 0.1) is 39.0 Å². The van der Waals surface area contributed by atoms with Gasteiger partial charge in [0, 0.05) is 10.6 Å². The number of hydrogen-bond donors (Lipinski definition) is 0. The normalized spacial score (nSPS) is 10.5. The molecule has 3 aromatic carbocycles. The molecule has 0 fully saturated rings. The van der Waals surface area contributed by atoms with Crippen LogP contribution in [-0.2, 0) is 9.47 Å². The molecule has 0 N–H and O–H groups in total. The van der Waals surface area contributed by atoms with E-state index in [1.54, 1.807) is 0 Å². The summed E-state index contributed by atoms with van der Waals surface area (Å²) in [4.78, 5) is 0. The standard InChI is InChI=1S/C32H37ClO4/c1-3-34-21-7-5-9-23-36-29-16-11-26(12-17-29)28-15-20-31(32(33)25-28)27-13-18-30(19-14-27)37-24-10-6-8-22-35-4-2/h3-4,11-20,25H,1-2,5-10,21-24H2. The van der Waals surface area contributed by atoms with E-state index >= 15 is 0 Å². The minimum absolute atomic E-state index is 0.693. The molecule has 0 aromatic heterocycles. The molecular weight excluding hydrogens is 484 g/mol. The molecular formula is C32H37ClO4. The SMILES string of the molecule is C=COCCCCCOc1ccc(-c2ccc(-c3ccc(OCCCCCOC=C)cc3)c(Cl)c2)cc1. The largest absolute Gasteiger partial charge is 0.502 e. The Balaban J connectivity index is 1.47. The van der Waals surface area contributed by atoms with E-state index in [0.717, 1.165) is 72.3 Å². The number of ether oxygens (including phenoxy) is 4. The van der Waals surface area contributed by atoms with Crippen molar-refractivity contribution in [3.8, 4) is 33.8 Å². The average Bonchev–Trinajstić information content (AvgIpc) is 2.93. The lowest BCUT2D eigenvalue weighted by molar-refractivity contribution is 0.235. The zero-order valence-electron chi connectivity index (χ0n) is 21.5. The van der Waals surface area contributed by atoms with Gasteiger partial charge in [-0.25, -0.2) is 0 Å². The van der Waals surface area contributed by atoms with Gasteiger partial charge >= 0.3 is 0 Å². The second-order valence-corrected chi connectivity index (χ2v) is 9.04. The fourth-order valence-corrected chi connectivity index (χ4v) is 4.17. The van der Waals surface area contributed by atoms with Crippen LogP contribution in [0.15, 0.2) is 92.4 Å². The van der Waals surface area contributed by atoms with E-state index < -0.39 is 0 Å². The lowest BCUT2D eigenvalue weighted by atomic mass is 10.00. The van der Waals surface area contributed by atoms with E-state index in [9.17, 15) is 0 Å². The Labute approximate surface area is 226 Å². The summed E-state index contributed by atoms with van der Waals surface area (Å²) in [5, 5.41) is 0.716. The molecule has 37 heavy (non-hydrogen) atoms. The molecule has 4 nitrogen and oxygen atoms in total. The maximum absolute atomic E-state index is 6.68. The van der Waals surface area contributed by atoms with Gasteiger partial charge in [0.25, 0.3) is 0 Å². The molecule has 5 heteroatoms. The molecule has 3 rings (SSSR count). The molecule has 0 aliphatic heterocycles. The third-order valence-corrected chi connectivity index (χ3v) is 6.22. The Morgan fingerprint density at radius 3 is 1.49 bits per heavy atom. The third-order valence-electron chi connectivity index (χ3n) is 5.91. The molecule has 0 aliphatic rings. The summed E-state index contributed by atoms with van der Waals surface area (Å²) in [6.45, 7) is 9.91. The second kappa shape index (κ2) is 16.4. The van der Waals surface area contributed by atoms with E-state index in [-0.39, 0.29) is 0 Å². The van der Waals surface area contributed by atoms with Crippen molar-refractivity contribution >= 4 is 11.6 Å². The lowest BCUT2D eigenvalue weighted by Crippen LogP contribution is -1.98. The average molecular weight is 521 g/mol. The van der Waals surface area contributed by atoms with Gasteiger partial charge in [0.1, 0.15) is 11.5 Å². The first kappa shape index (κ1) is 28.2. The van der Waals surface area contributed by atoms with Crippen LogP contribution in [0.4, 0.5) is 0 Å². The molecule has 0 amide bonds. The first-order valence-corrected chi connectivity index (χ1v) is 13.3. The van der Waals surface area contributed by atoms with Gasteiger partial charge in [-0.15, -0.1) is 0 Å². The molecule has 0 radical (unpaired) electrons. The van der Waals surface area contributed by atoms with E-state index in [1.165, 1.54) is 12.5 Å². The van der Waals surface area contributed by atoms with Crippen LogP contribution >= 0.6 is 11.6 Å². The summed E-state index contributed by atoms with van der Waals surface area (Å²) < 4.78 is 22.0. The van der Waals surface area contributed by atoms with Crippen LogP contribution in [0.25, 0.3) is 22.3 Å². The highest BCUT2D eigenvalue weighted by atomic mass is 35.5. The Morgan fingerprint density at radius 1 is 0.541 bits per heavy atom. The number of halogens is 1. The van der Waals surface area contributed by atoms with Crippen LogP contribution in [0, 0.1) is 0 Å². The number of rotatable bonds is 18. The predicted octanol–water partition coefficient (Wildman–Crippen LogP) is 9.09. The zero-order chi connectivity index (χ0) is 26.1.